The number of benzene rings is 2. The number of hydrogen-bond donors (Lipinski definition) is 2. The average Bonchev–Trinajstić information content (AvgIpc) is 3.41. The van der Waals surface area contributed by atoms with Crippen LogP contribution in [0.4, 0.5) is 4.79 Å². The molecule has 8 heteroatoms. The molecule has 0 aromatic heterocycles. The van der Waals surface area contributed by atoms with Gasteiger partial charge in [-0.25, -0.2) is 4.79 Å². The Kier molecular flexibility index (Phi) is 9.71. The highest BCUT2D eigenvalue weighted by atomic mass is 16.6. The molecule has 8 nitrogen and oxygen atoms in total. The van der Waals surface area contributed by atoms with Gasteiger partial charge in [0.05, 0.1) is 6.04 Å². The molecule has 1 heterocycles. The van der Waals surface area contributed by atoms with Crippen molar-refractivity contribution in [3.63, 3.8) is 0 Å². The molecule has 1 aliphatic heterocycles. The van der Waals surface area contributed by atoms with E-state index in [0.717, 1.165) is 62.0 Å². The largest absolute Gasteiger partial charge is 0.457 e. The lowest BCUT2D eigenvalue weighted by molar-refractivity contribution is -0.139. The number of nitrogens with one attached hydrogen (secondary N) is 2. The lowest BCUT2D eigenvalue weighted by Gasteiger charge is -2.35. The maximum absolute atomic E-state index is 14.1. The fourth-order valence-electron chi connectivity index (χ4n) is 5.64. The lowest BCUT2D eigenvalue weighted by Crippen LogP contribution is -2.56. The van der Waals surface area contributed by atoms with Gasteiger partial charge >= 0.3 is 6.09 Å². The van der Waals surface area contributed by atoms with Crippen LogP contribution in [0.15, 0.2) is 54.6 Å². The van der Waals surface area contributed by atoms with Crippen LogP contribution in [0.25, 0.3) is 0 Å². The Morgan fingerprint density at radius 3 is 2.27 bits per heavy atom. The van der Waals surface area contributed by atoms with Crippen LogP contribution in [0.3, 0.4) is 0 Å². The van der Waals surface area contributed by atoms with Crippen LogP contribution in [0.1, 0.15) is 84.2 Å². The van der Waals surface area contributed by atoms with Crippen molar-refractivity contribution in [2.24, 2.45) is 5.92 Å². The molecule has 0 radical (unpaired) electrons. The minimum atomic E-state index is -0.838. The number of nitrogens with zero attached hydrogens (tertiary/aromatic N) is 1. The minimum absolute atomic E-state index is 0.0541. The molecule has 3 atom stereocenters. The maximum Gasteiger partial charge on any atom is 0.408 e. The highest BCUT2D eigenvalue weighted by molar-refractivity contribution is 5.91. The van der Waals surface area contributed by atoms with Gasteiger partial charge in [0.25, 0.3) is 0 Å². The summed E-state index contributed by atoms with van der Waals surface area (Å²) < 4.78 is 11.4. The number of para-hydroxylation sites is 1. The Bertz CT molecular complexity index is 1160. The summed E-state index contributed by atoms with van der Waals surface area (Å²) in [6.45, 7) is 7.55. The van der Waals surface area contributed by atoms with Crippen molar-refractivity contribution in [3.8, 4) is 11.5 Å². The van der Waals surface area contributed by atoms with E-state index in [1.165, 1.54) is 0 Å². The lowest BCUT2D eigenvalue weighted by atomic mass is 9.83. The summed E-state index contributed by atoms with van der Waals surface area (Å²) in [5.74, 6) is 1.11. The molecule has 216 valence electrons. The smallest absolute Gasteiger partial charge is 0.408 e. The zero-order valence-corrected chi connectivity index (χ0v) is 24.2. The highest BCUT2D eigenvalue weighted by Gasteiger charge is 2.39. The number of rotatable bonds is 8. The fraction of sp³-hybridized carbons (Fsp3) is 0.531. The predicted octanol–water partition coefficient (Wildman–Crippen LogP) is 6.12. The predicted molar refractivity (Wildman–Crippen MR) is 154 cm³/mol. The van der Waals surface area contributed by atoms with Crippen LogP contribution >= 0.6 is 0 Å². The van der Waals surface area contributed by atoms with Crippen LogP contribution in [0.5, 0.6) is 11.5 Å². The molecule has 1 saturated carbocycles. The van der Waals surface area contributed by atoms with Crippen LogP contribution in [-0.2, 0) is 14.3 Å². The Morgan fingerprint density at radius 2 is 1.57 bits per heavy atom. The molecular formula is C32H43N3O5. The highest BCUT2D eigenvalue weighted by Crippen LogP contribution is 2.36. The molecule has 2 aliphatic rings. The van der Waals surface area contributed by atoms with Crippen molar-refractivity contribution in [3.05, 3.63) is 60.2 Å². The molecule has 1 aliphatic carbocycles. The van der Waals surface area contributed by atoms with Crippen LogP contribution in [0.2, 0.25) is 0 Å². The van der Waals surface area contributed by atoms with E-state index < -0.39 is 23.8 Å². The fourth-order valence-corrected chi connectivity index (χ4v) is 5.64. The molecule has 2 aromatic carbocycles. The molecule has 0 spiro atoms. The molecule has 2 fully saturated rings. The third-order valence-corrected chi connectivity index (χ3v) is 7.57. The van der Waals surface area contributed by atoms with Gasteiger partial charge in [0, 0.05) is 6.54 Å². The average molecular weight is 550 g/mol. The van der Waals surface area contributed by atoms with E-state index in [9.17, 15) is 14.4 Å². The molecule has 2 N–H and O–H groups in total. The number of alkyl carbamates (subject to hydrolysis) is 1. The van der Waals surface area contributed by atoms with E-state index >= 15 is 0 Å². The minimum Gasteiger partial charge on any atom is -0.457 e. The van der Waals surface area contributed by atoms with Gasteiger partial charge in [-0.2, -0.15) is 0 Å². The van der Waals surface area contributed by atoms with Gasteiger partial charge in [-0.3, -0.25) is 9.59 Å². The summed E-state index contributed by atoms with van der Waals surface area (Å²) in [6.07, 6.45) is 6.09. The molecule has 0 unspecified atom stereocenters. The molecule has 4 rings (SSSR count). The number of hydrogen-bond acceptors (Lipinski definition) is 5. The number of likely N-dealkylation sites (tertiary alicyclic amines) is 1. The second-order valence-corrected chi connectivity index (χ2v) is 11.9. The van der Waals surface area contributed by atoms with Crippen molar-refractivity contribution in [1.82, 2.24) is 15.5 Å². The number of amides is 3. The third-order valence-electron chi connectivity index (χ3n) is 7.57. The second kappa shape index (κ2) is 13.2. The molecule has 0 bridgehead atoms. The molecular weight excluding hydrogens is 506 g/mol. The maximum atomic E-state index is 14.1. The first-order valence-corrected chi connectivity index (χ1v) is 14.5. The zero-order valence-electron chi connectivity index (χ0n) is 24.2. The topological polar surface area (TPSA) is 97.0 Å². The molecule has 2 aromatic rings. The Morgan fingerprint density at radius 1 is 0.875 bits per heavy atom. The summed E-state index contributed by atoms with van der Waals surface area (Å²) >= 11 is 0. The van der Waals surface area contributed by atoms with E-state index in [2.05, 4.69) is 10.6 Å². The molecule has 3 amide bonds. The van der Waals surface area contributed by atoms with E-state index in [4.69, 9.17) is 9.47 Å². The van der Waals surface area contributed by atoms with Gasteiger partial charge in [0.15, 0.2) is 0 Å². The van der Waals surface area contributed by atoms with Crippen LogP contribution in [-0.4, -0.2) is 47.0 Å². The van der Waals surface area contributed by atoms with Crippen LogP contribution in [0, 0.1) is 5.92 Å². The van der Waals surface area contributed by atoms with Crippen molar-refractivity contribution in [2.45, 2.75) is 96.4 Å². The number of ether oxygens (including phenoxy) is 2. The summed E-state index contributed by atoms with van der Waals surface area (Å²) in [4.78, 5) is 41.5. The van der Waals surface area contributed by atoms with E-state index in [1.54, 1.807) is 27.7 Å². The third kappa shape index (κ3) is 7.99. The van der Waals surface area contributed by atoms with E-state index in [1.807, 2.05) is 59.5 Å². The summed E-state index contributed by atoms with van der Waals surface area (Å²) in [6, 6.07) is 16.0. The first kappa shape index (κ1) is 29.4. The van der Waals surface area contributed by atoms with Gasteiger partial charge in [-0.1, -0.05) is 49.6 Å². The van der Waals surface area contributed by atoms with Crippen molar-refractivity contribution in [2.75, 3.05) is 6.54 Å². The normalized spacial score (nSPS) is 19.4. The SMILES string of the molecule is C[C@@H](NC(=O)OC(C)(C)C)C(=O)N[C@H](C(=O)N1CCC[C@H]1c1cccc(Oc2ccccc2)c1)C1CCCCC1. The van der Waals surface area contributed by atoms with Gasteiger partial charge in [-0.05, 0) is 89.1 Å². The standard InChI is InChI=1S/C32H43N3O5/c1-22(33-31(38)40-32(2,3)4)29(36)34-28(23-13-7-5-8-14-23)30(37)35-20-12-19-27(35)24-15-11-18-26(21-24)39-25-16-9-6-10-17-25/h6,9-11,15-18,21-23,27-28H,5,7-8,12-14,19-20H2,1-4H3,(H,33,38)(H,34,36)/t22-,27+,28+/m1/s1. The van der Waals surface area contributed by atoms with Gasteiger partial charge in [-0.15, -0.1) is 0 Å². The summed E-state index contributed by atoms with van der Waals surface area (Å²) in [7, 11) is 0. The quantitative estimate of drug-likeness (QED) is 0.413. The zero-order chi connectivity index (χ0) is 28.7. The van der Waals surface area contributed by atoms with Crippen LogP contribution < -0.4 is 15.4 Å². The summed E-state index contributed by atoms with van der Waals surface area (Å²) in [5.41, 5.74) is 0.350. The Hall–Kier alpha value is -3.55. The molecule has 40 heavy (non-hydrogen) atoms. The Balaban J connectivity index is 1.49. The van der Waals surface area contributed by atoms with E-state index in [0.29, 0.717) is 6.54 Å². The second-order valence-electron chi connectivity index (χ2n) is 11.9. The summed E-state index contributed by atoms with van der Waals surface area (Å²) in [5, 5.41) is 5.62. The van der Waals surface area contributed by atoms with Gasteiger partial charge in [0.2, 0.25) is 11.8 Å². The Labute approximate surface area is 237 Å². The first-order chi connectivity index (χ1) is 19.1. The van der Waals surface area contributed by atoms with E-state index in [-0.39, 0.29) is 23.8 Å². The van der Waals surface area contributed by atoms with Gasteiger partial charge in [0.1, 0.15) is 29.2 Å². The number of carbonyl (C=O) groups is 3. The van der Waals surface area contributed by atoms with Crippen molar-refractivity contribution < 1.29 is 23.9 Å². The first-order valence-electron chi connectivity index (χ1n) is 14.5. The monoisotopic (exact) mass is 549 g/mol. The molecule has 1 saturated heterocycles. The van der Waals surface area contributed by atoms with Gasteiger partial charge < -0.3 is 25.0 Å². The number of carbonyl (C=O) groups excluding carboxylic acids is 3. The van der Waals surface area contributed by atoms with Crippen molar-refractivity contribution >= 4 is 17.9 Å². The van der Waals surface area contributed by atoms with Crippen molar-refractivity contribution in [1.29, 1.82) is 0 Å².